The maximum absolute atomic E-state index is 5.62. The van der Waals surface area contributed by atoms with Gasteiger partial charge in [-0.1, -0.05) is 170 Å². The van der Waals surface area contributed by atoms with Gasteiger partial charge < -0.3 is 5.32 Å². The van der Waals surface area contributed by atoms with E-state index in [1.165, 1.54) is 86.2 Å². The first kappa shape index (κ1) is 34.1. The van der Waals surface area contributed by atoms with E-state index in [2.05, 4.69) is 229 Å². The van der Waals surface area contributed by atoms with E-state index in [4.69, 9.17) is 4.99 Å². The summed E-state index contributed by atoms with van der Waals surface area (Å²) in [6, 6.07) is 79.0. The lowest BCUT2D eigenvalue weighted by Gasteiger charge is -2.28. The average Bonchev–Trinajstić information content (AvgIpc) is 3.31. The molecule has 12 aromatic rings. The van der Waals surface area contributed by atoms with Gasteiger partial charge in [-0.3, -0.25) is 4.90 Å². The zero-order valence-corrected chi connectivity index (χ0v) is 32.7. The topological polar surface area (TPSA) is 27.6 Å². The SMILES string of the molecule is c1ccc2c(c1)ccc1ccc(N=C(Nc3ccc4ccc5ccccc5c4c3)N(c3ccc4ccc5ccccc5c4c3)c3ccc4ccc5ccccc5c4c3)cc12. The lowest BCUT2D eigenvalue weighted by atomic mass is 10.00. The Kier molecular flexibility index (Phi) is 7.85. The third kappa shape index (κ3) is 5.79. The number of aliphatic imine (C=N–C) groups is 1. The minimum absolute atomic E-state index is 0.688. The molecule has 0 aliphatic heterocycles. The Morgan fingerprint density at radius 2 is 0.633 bits per heavy atom. The Morgan fingerprint density at radius 3 is 1.08 bits per heavy atom. The maximum Gasteiger partial charge on any atom is 0.212 e. The molecule has 0 radical (unpaired) electrons. The fourth-order valence-corrected chi connectivity index (χ4v) is 9.18. The van der Waals surface area contributed by atoms with Gasteiger partial charge in [0, 0.05) is 17.1 Å². The van der Waals surface area contributed by atoms with Gasteiger partial charge in [0.05, 0.1) is 5.69 Å². The van der Waals surface area contributed by atoms with Gasteiger partial charge in [-0.2, -0.15) is 0 Å². The van der Waals surface area contributed by atoms with E-state index in [0.29, 0.717) is 5.96 Å². The zero-order chi connectivity index (χ0) is 39.6. The van der Waals surface area contributed by atoms with Crippen molar-refractivity contribution >= 4 is 115 Å². The van der Waals surface area contributed by atoms with E-state index in [9.17, 15) is 0 Å². The summed E-state index contributed by atoms with van der Waals surface area (Å²) in [5.41, 5.74) is 3.81. The predicted octanol–water partition coefficient (Wildman–Crippen LogP) is 15.9. The second-order valence-corrected chi connectivity index (χ2v) is 15.7. The van der Waals surface area contributed by atoms with E-state index >= 15 is 0 Å². The van der Waals surface area contributed by atoms with Crippen LogP contribution in [0.3, 0.4) is 0 Å². The van der Waals surface area contributed by atoms with Crippen molar-refractivity contribution in [3.05, 3.63) is 218 Å². The van der Waals surface area contributed by atoms with Crippen molar-refractivity contribution in [1.82, 2.24) is 0 Å². The second-order valence-electron chi connectivity index (χ2n) is 15.7. The van der Waals surface area contributed by atoms with Crippen LogP contribution < -0.4 is 10.2 Å². The molecule has 0 saturated carbocycles. The molecule has 12 aromatic carbocycles. The van der Waals surface area contributed by atoms with Gasteiger partial charge in [0.25, 0.3) is 0 Å². The average molecular weight is 764 g/mol. The standard InChI is InChI=1S/C57H37N3/c1-5-13-49-37(9-1)17-21-41-25-29-45(33-53(41)49)58-57(59-46-30-26-42-22-18-38-10-2-6-14-50(38)54(42)34-46)60(47-31-27-43-23-19-39-11-3-7-15-51(39)55(43)35-47)48-32-28-44-24-20-40-12-4-8-16-52(40)56(44)36-48/h1-36H,(H,58,59). The molecule has 3 nitrogen and oxygen atoms in total. The van der Waals surface area contributed by atoms with Crippen molar-refractivity contribution in [2.75, 3.05) is 10.2 Å². The molecule has 1 N–H and O–H groups in total. The Balaban J connectivity index is 1.13. The van der Waals surface area contributed by atoms with Crippen molar-refractivity contribution in [3.8, 4) is 0 Å². The zero-order valence-electron chi connectivity index (χ0n) is 32.7. The molecule has 0 unspecified atom stereocenters. The summed E-state index contributed by atoms with van der Waals surface area (Å²) < 4.78 is 0. The minimum Gasteiger partial charge on any atom is -0.325 e. The van der Waals surface area contributed by atoms with Crippen molar-refractivity contribution in [1.29, 1.82) is 0 Å². The lowest BCUT2D eigenvalue weighted by Crippen LogP contribution is -2.32. The molecule has 280 valence electrons. The van der Waals surface area contributed by atoms with E-state index in [0.717, 1.165) is 22.7 Å². The molecule has 0 amide bonds. The third-order valence-corrected chi connectivity index (χ3v) is 12.2. The van der Waals surface area contributed by atoms with Crippen LogP contribution in [0, 0.1) is 0 Å². The highest BCUT2D eigenvalue weighted by atomic mass is 15.3. The molecular weight excluding hydrogens is 727 g/mol. The third-order valence-electron chi connectivity index (χ3n) is 12.2. The van der Waals surface area contributed by atoms with E-state index < -0.39 is 0 Å². The molecule has 0 saturated heterocycles. The van der Waals surface area contributed by atoms with Crippen molar-refractivity contribution in [2.45, 2.75) is 0 Å². The molecule has 3 heteroatoms. The van der Waals surface area contributed by atoms with Crippen molar-refractivity contribution in [3.63, 3.8) is 0 Å². The first-order valence-corrected chi connectivity index (χ1v) is 20.5. The summed E-state index contributed by atoms with van der Waals surface area (Å²) >= 11 is 0. The number of rotatable bonds is 4. The van der Waals surface area contributed by atoms with Crippen molar-refractivity contribution in [2.24, 2.45) is 4.99 Å². The Morgan fingerprint density at radius 1 is 0.300 bits per heavy atom. The van der Waals surface area contributed by atoms with Gasteiger partial charge in [0.1, 0.15) is 0 Å². The molecule has 0 aliphatic carbocycles. The molecule has 0 spiro atoms. The van der Waals surface area contributed by atoms with Gasteiger partial charge >= 0.3 is 0 Å². The van der Waals surface area contributed by atoms with Crippen LogP contribution in [0.2, 0.25) is 0 Å². The quantitative estimate of drug-likeness (QED) is 0.110. The highest BCUT2D eigenvalue weighted by Gasteiger charge is 2.20. The normalized spacial score (nSPS) is 12.1. The molecule has 0 bridgehead atoms. The summed E-state index contributed by atoms with van der Waals surface area (Å²) in [5, 5.41) is 23.1. The molecule has 60 heavy (non-hydrogen) atoms. The predicted molar refractivity (Wildman–Crippen MR) is 259 cm³/mol. The highest BCUT2D eigenvalue weighted by molar-refractivity contribution is 6.18. The number of anilines is 3. The number of hydrogen-bond donors (Lipinski definition) is 1. The van der Waals surface area contributed by atoms with E-state index in [1.54, 1.807) is 0 Å². The largest absolute Gasteiger partial charge is 0.325 e. The summed E-state index contributed by atoms with van der Waals surface area (Å²) in [5.74, 6) is 0.688. The van der Waals surface area contributed by atoms with Crippen LogP contribution in [-0.2, 0) is 0 Å². The first-order valence-electron chi connectivity index (χ1n) is 20.5. The van der Waals surface area contributed by atoms with E-state index in [1.807, 2.05) is 0 Å². The molecule has 0 heterocycles. The van der Waals surface area contributed by atoms with E-state index in [-0.39, 0.29) is 0 Å². The van der Waals surface area contributed by atoms with Gasteiger partial charge in [-0.25, -0.2) is 4.99 Å². The Hall–Kier alpha value is -8.01. The summed E-state index contributed by atoms with van der Waals surface area (Å²) in [7, 11) is 0. The van der Waals surface area contributed by atoms with Gasteiger partial charge in [-0.15, -0.1) is 0 Å². The summed E-state index contributed by atoms with van der Waals surface area (Å²) in [4.78, 5) is 7.92. The van der Waals surface area contributed by atoms with Crippen LogP contribution in [-0.4, -0.2) is 5.96 Å². The Labute approximate surface area is 347 Å². The molecule has 0 fully saturated rings. The van der Waals surface area contributed by atoms with Crippen LogP contribution in [0.15, 0.2) is 223 Å². The number of nitrogens with zero attached hydrogens (tertiary/aromatic N) is 2. The summed E-state index contributed by atoms with van der Waals surface area (Å²) in [6.07, 6.45) is 0. The maximum atomic E-state index is 5.62. The van der Waals surface area contributed by atoms with Crippen LogP contribution in [0.1, 0.15) is 0 Å². The fourth-order valence-electron chi connectivity index (χ4n) is 9.18. The smallest absolute Gasteiger partial charge is 0.212 e. The van der Waals surface area contributed by atoms with Gasteiger partial charge in [-0.05, 0) is 135 Å². The summed E-state index contributed by atoms with van der Waals surface area (Å²) in [6.45, 7) is 0. The highest BCUT2D eigenvalue weighted by Crippen LogP contribution is 2.38. The van der Waals surface area contributed by atoms with Gasteiger partial charge in [0.2, 0.25) is 5.96 Å². The van der Waals surface area contributed by atoms with Crippen LogP contribution in [0.4, 0.5) is 22.7 Å². The molecule has 0 aliphatic rings. The first-order chi connectivity index (χ1) is 29.7. The van der Waals surface area contributed by atoms with Crippen LogP contribution >= 0.6 is 0 Å². The lowest BCUT2D eigenvalue weighted by molar-refractivity contribution is 1.31. The Bertz CT molecular complexity index is 3600. The van der Waals surface area contributed by atoms with Crippen molar-refractivity contribution < 1.29 is 0 Å². The van der Waals surface area contributed by atoms with Crippen LogP contribution in [0.5, 0.6) is 0 Å². The second kappa shape index (κ2) is 13.8. The number of nitrogens with one attached hydrogen (secondary N) is 1. The fraction of sp³-hybridized carbons (Fsp3) is 0. The molecule has 0 atom stereocenters. The number of fused-ring (bicyclic) bond motifs is 12. The molecular formula is C57H37N3. The molecule has 12 rings (SSSR count). The minimum atomic E-state index is 0.688. The molecule has 0 aromatic heterocycles. The number of hydrogen-bond acceptors (Lipinski definition) is 1. The van der Waals surface area contributed by atoms with Gasteiger partial charge in [0.15, 0.2) is 0 Å². The number of guanidine groups is 1. The number of benzene rings is 12. The monoisotopic (exact) mass is 763 g/mol. The van der Waals surface area contributed by atoms with Crippen LogP contribution in [0.25, 0.3) is 86.2 Å².